The maximum atomic E-state index is 5.73. The zero-order valence-electron chi connectivity index (χ0n) is 14.9. The van der Waals surface area contributed by atoms with Crippen molar-refractivity contribution in [3.05, 3.63) is 0 Å². The molecule has 0 aliphatic carbocycles. The fraction of sp³-hybridized carbons (Fsp3) is 1.00. The maximum absolute atomic E-state index is 5.73. The lowest BCUT2D eigenvalue weighted by molar-refractivity contribution is -0.0801. The summed E-state index contributed by atoms with van der Waals surface area (Å²) >= 11 is 0. The lowest BCUT2D eigenvalue weighted by atomic mass is 10.1. The molecule has 0 aliphatic rings. The Bertz CT molecular complexity index is 221. The van der Waals surface area contributed by atoms with Crippen molar-refractivity contribution < 1.29 is 18.9 Å². The summed E-state index contributed by atoms with van der Waals surface area (Å²) in [4.78, 5) is 0. The minimum absolute atomic E-state index is 0.0794. The van der Waals surface area contributed by atoms with E-state index in [1.807, 2.05) is 20.8 Å². The predicted octanol–water partition coefficient (Wildman–Crippen LogP) is 3.67. The summed E-state index contributed by atoms with van der Waals surface area (Å²) in [7, 11) is 0. The molecular formula is C17H36O4. The van der Waals surface area contributed by atoms with Gasteiger partial charge in [-0.15, -0.1) is 0 Å². The molecule has 3 unspecified atom stereocenters. The Hall–Kier alpha value is -0.160. The second-order valence-electron chi connectivity index (χ2n) is 6.23. The van der Waals surface area contributed by atoms with Crippen LogP contribution in [0.5, 0.6) is 0 Å². The van der Waals surface area contributed by atoms with Crippen LogP contribution < -0.4 is 0 Å². The van der Waals surface area contributed by atoms with Crippen molar-refractivity contribution in [1.29, 1.82) is 0 Å². The molecule has 0 spiro atoms. The average Bonchev–Trinajstić information content (AvgIpc) is 2.44. The number of hydrogen-bond donors (Lipinski definition) is 0. The second-order valence-corrected chi connectivity index (χ2v) is 6.23. The monoisotopic (exact) mass is 304 g/mol. The molecule has 0 saturated heterocycles. The lowest BCUT2D eigenvalue weighted by Crippen LogP contribution is -2.26. The van der Waals surface area contributed by atoms with Crippen LogP contribution >= 0.6 is 0 Å². The molecule has 3 atom stereocenters. The Morgan fingerprint density at radius 2 is 1.19 bits per heavy atom. The third kappa shape index (κ3) is 14.5. The van der Waals surface area contributed by atoms with Gasteiger partial charge in [0.2, 0.25) is 0 Å². The van der Waals surface area contributed by atoms with Gasteiger partial charge in [-0.25, -0.2) is 0 Å². The Kier molecular flexibility index (Phi) is 13.4. The van der Waals surface area contributed by atoms with Gasteiger partial charge in [0.15, 0.2) is 0 Å². The summed E-state index contributed by atoms with van der Waals surface area (Å²) in [6, 6.07) is 0. The Balaban J connectivity index is 3.51. The van der Waals surface area contributed by atoms with Gasteiger partial charge in [0.05, 0.1) is 38.1 Å². The Morgan fingerprint density at radius 3 is 1.71 bits per heavy atom. The lowest BCUT2D eigenvalue weighted by Gasteiger charge is -2.20. The van der Waals surface area contributed by atoms with Crippen molar-refractivity contribution >= 4 is 0 Å². The van der Waals surface area contributed by atoms with Gasteiger partial charge < -0.3 is 18.9 Å². The standard InChI is InChI=1S/C17H36O4/c1-7-9-19-16(5)12-21-17(6)13-20-15(4)11-18-10-8-14(2)3/h14-17H,7-13H2,1-6H3. The van der Waals surface area contributed by atoms with E-state index in [0.717, 1.165) is 26.1 Å². The van der Waals surface area contributed by atoms with Crippen molar-refractivity contribution in [3.63, 3.8) is 0 Å². The molecule has 0 rings (SSSR count). The fourth-order valence-electron chi connectivity index (χ4n) is 1.63. The average molecular weight is 304 g/mol. The van der Waals surface area contributed by atoms with Gasteiger partial charge >= 0.3 is 0 Å². The molecule has 0 amide bonds. The molecule has 0 fully saturated rings. The minimum atomic E-state index is 0.0794. The van der Waals surface area contributed by atoms with Crippen LogP contribution in [0, 0.1) is 5.92 Å². The van der Waals surface area contributed by atoms with Crippen molar-refractivity contribution in [2.45, 2.75) is 72.7 Å². The third-order valence-corrected chi connectivity index (χ3v) is 3.03. The van der Waals surface area contributed by atoms with Crippen molar-refractivity contribution in [2.24, 2.45) is 5.92 Å². The van der Waals surface area contributed by atoms with E-state index in [0.29, 0.717) is 25.7 Å². The predicted molar refractivity (Wildman–Crippen MR) is 86.8 cm³/mol. The molecule has 21 heavy (non-hydrogen) atoms. The zero-order valence-corrected chi connectivity index (χ0v) is 14.9. The van der Waals surface area contributed by atoms with Gasteiger partial charge in [-0.05, 0) is 39.5 Å². The summed E-state index contributed by atoms with van der Waals surface area (Å²) in [6.45, 7) is 16.1. The van der Waals surface area contributed by atoms with Crippen LogP contribution in [0.4, 0.5) is 0 Å². The molecule has 0 heterocycles. The van der Waals surface area contributed by atoms with Gasteiger partial charge in [0.25, 0.3) is 0 Å². The largest absolute Gasteiger partial charge is 0.379 e. The highest BCUT2D eigenvalue weighted by atomic mass is 16.6. The summed E-state index contributed by atoms with van der Waals surface area (Å²) in [6.07, 6.45) is 2.47. The molecule has 0 aliphatic heterocycles. The highest BCUT2D eigenvalue weighted by Crippen LogP contribution is 2.03. The molecule has 0 bridgehead atoms. The summed E-state index contributed by atoms with van der Waals surface area (Å²) in [5, 5.41) is 0. The van der Waals surface area contributed by atoms with Crippen LogP contribution in [0.25, 0.3) is 0 Å². The summed E-state index contributed by atoms with van der Waals surface area (Å²) in [5.41, 5.74) is 0. The first-order valence-electron chi connectivity index (χ1n) is 8.38. The highest BCUT2D eigenvalue weighted by Gasteiger charge is 2.09. The number of rotatable bonds is 14. The topological polar surface area (TPSA) is 36.9 Å². The highest BCUT2D eigenvalue weighted by molar-refractivity contribution is 4.55. The Morgan fingerprint density at radius 1 is 0.667 bits per heavy atom. The maximum Gasteiger partial charge on any atom is 0.0781 e. The normalized spacial score (nSPS) is 16.1. The smallest absolute Gasteiger partial charge is 0.0781 e. The van der Waals surface area contributed by atoms with E-state index in [1.165, 1.54) is 0 Å². The van der Waals surface area contributed by atoms with E-state index in [2.05, 4.69) is 20.8 Å². The van der Waals surface area contributed by atoms with E-state index in [1.54, 1.807) is 0 Å². The van der Waals surface area contributed by atoms with Crippen LogP contribution in [0.1, 0.15) is 54.4 Å². The number of ether oxygens (including phenoxy) is 4. The third-order valence-electron chi connectivity index (χ3n) is 3.03. The van der Waals surface area contributed by atoms with Crippen LogP contribution in [-0.4, -0.2) is 51.3 Å². The molecule has 0 saturated carbocycles. The first-order valence-corrected chi connectivity index (χ1v) is 8.38. The molecule has 4 heteroatoms. The summed E-state index contributed by atoms with van der Waals surface area (Å²) in [5.74, 6) is 0.687. The van der Waals surface area contributed by atoms with E-state index in [9.17, 15) is 0 Å². The molecule has 0 aromatic heterocycles. The molecule has 0 aromatic carbocycles. The second kappa shape index (κ2) is 13.5. The molecular weight excluding hydrogens is 268 g/mol. The van der Waals surface area contributed by atoms with Crippen LogP contribution in [0.15, 0.2) is 0 Å². The zero-order chi connectivity index (χ0) is 16.1. The quantitative estimate of drug-likeness (QED) is 0.459. The van der Waals surface area contributed by atoms with Gasteiger partial charge in [-0.3, -0.25) is 0 Å². The van der Waals surface area contributed by atoms with Crippen LogP contribution in [-0.2, 0) is 18.9 Å². The van der Waals surface area contributed by atoms with Crippen molar-refractivity contribution in [1.82, 2.24) is 0 Å². The Labute approximate surface area is 131 Å². The van der Waals surface area contributed by atoms with Crippen molar-refractivity contribution in [3.8, 4) is 0 Å². The molecule has 0 radical (unpaired) electrons. The first kappa shape index (κ1) is 20.8. The van der Waals surface area contributed by atoms with Gasteiger partial charge in [-0.2, -0.15) is 0 Å². The molecule has 0 aromatic rings. The minimum Gasteiger partial charge on any atom is -0.379 e. The van der Waals surface area contributed by atoms with Gasteiger partial charge in [0.1, 0.15) is 0 Å². The van der Waals surface area contributed by atoms with Gasteiger partial charge in [-0.1, -0.05) is 20.8 Å². The van der Waals surface area contributed by atoms with E-state index in [4.69, 9.17) is 18.9 Å². The van der Waals surface area contributed by atoms with Crippen LogP contribution in [0.3, 0.4) is 0 Å². The molecule has 0 N–H and O–H groups in total. The van der Waals surface area contributed by atoms with E-state index >= 15 is 0 Å². The van der Waals surface area contributed by atoms with E-state index in [-0.39, 0.29) is 18.3 Å². The summed E-state index contributed by atoms with van der Waals surface area (Å²) < 4.78 is 22.6. The van der Waals surface area contributed by atoms with Gasteiger partial charge in [0, 0.05) is 13.2 Å². The molecule has 4 nitrogen and oxygen atoms in total. The fourth-order valence-corrected chi connectivity index (χ4v) is 1.63. The SMILES string of the molecule is CCCOC(C)COC(C)COC(C)COCCC(C)C. The molecule has 128 valence electrons. The van der Waals surface area contributed by atoms with Crippen LogP contribution in [0.2, 0.25) is 0 Å². The number of hydrogen-bond acceptors (Lipinski definition) is 4. The van der Waals surface area contributed by atoms with Crippen molar-refractivity contribution in [2.75, 3.05) is 33.0 Å². The van der Waals surface area contributed by atoms with E-state index < -0.39 is 0 Å². The first-order chi connectivity index (χ1) is 9.95.